The maximum absolute atomic E-state index is 2.29. The lowest BCUT2D eigenvalue weighted by molar-refractivity contribution is 0.329. The predicted molar refractivity (Wildman–Crippen MR) is 51.6 cm³/mol. The number of hydrogen-bond donors (Lipinski definition) is 0. The third-order valence-electron chi connectivity index (χ3n) is 1.86. The lowest BCUT2D eigenvalue weighted by Crippen LogP contribution is -2.23. The normalized spacial score (nSPS) is 12.5. The van der Waals surface area contributed by atoms with Crippen LogP contribution in [0.1, 0.15) is 40.5 Å². The number of allylic oxidation sites excluding steroid dienone is 1. The van der Waals surface area contributed by atoms with Crippen LogP contribution in [0.2, 0.25) is 0 Å². The first-order chi connectivity index (χ1) is 5.07. The molecule has 0 aliphatic heterocycles. The van der Waals surface area contributed by atoms with Gasteiger partial charge in [0.15, 0.2) is 0 Å². The zero-order valence-corrected chi connectivity index (χ0v) is 8.52. The molecule has 0 saturated carbocycles. The molecule has 0 spiro atoms. The second kappa shape index (κ2) is 5.22. The van der Waals surface area contributed by atoms with Crippen molar-refractivity contribution in [2.24, 2.45) is 0 Å². The fourth-order valence-corrected chi connectivity index (χ4v) is 1.16. The van der Waals surface area contributed by atoms with Crippen molar-refractivity contribution in [1.82, 2.24) is 4.90 Å². The van der Waals surface area contributed by atoms with Crippen LogP contribution in [-0.4, -0.2) is 18.0 Å². The molecule has 0 heterocycles. The van der Waals surface area contributed by atoms with Crippen molar-refractivity contribution in [2.75, 3.05) is 7.05 Å². The van der Waals surface area contributed by atoms with Crippen molar-refractivity contribution in [3.63, 3.8) is 0 Å². The molecule has 0 bridgehead atoms. The Balaban J connectivity index is 3.82. The van der Waals surface area contributed by atoms with E-state index in [2.05, 4.69) is 45.8 Å². The minimum atomic E-state index is 0.676. The molecule has 0 fully saturated rings. The van der Waals surface area contributed by atoms with Gasteiger partial charge in [-0.25, -0.2) is 0 Å². The summed E-state index contributed by atoms with van der Waals surface area (Å²) >= 11 is 0. The minimum Gasteiger partial charge on any atom is -0.378 e. The van der Waals surface area contributed by atoms with Gasteiger partial charge in [0, 0.05) is 13.1 Å². The van der Waals surface area contributed by atoms with E-state index in [9.17, 15) is 0 Å². The summed E-state index contributed by atoms with van der Waals surface area (Å²) in [5.74, 6) is 0. The molecule has 66 valence electrons. The van der Waals surface area contributed by atoms with Crippen LogP contribution in [0.4, 0.5) is 0 Å². The van der Waals surface area contributed by atoms with Crippen molar-refractivity contribution < 1.29 is 0 Å². The predicted octanol–water partition coefficient (Wildman–Crippen LogP) is 3.03. The summed E-state index contributed by atoms with van der Waals surface area (Å²) in [6.07, 6.45) is 4.75. The fraction of sp³-hybridized carbons (Fsp3) is 0.800. The summed E-state index contributed by atoms with van der Waals surface area (Å²) in [5, 5.41) is 0. The molecule has 1 heteroatoms. The second-order valence-corrected chi connectivity index (χ2v) is 3.51. The van der Waals surface area contributed by atoms with Gasteiger partial charge >= 0.3 is 0 Å². The largest absolute Gasteiger partial charge is 0.378 e. The maximum atomic E-state index is 2.29. The SMILES string of the molecule is CCCC(C)N(C)C=C(C)C. The van der Waals surface area contributed by atoms with E-state index in [1.54, 1.807) is 0 Å². The van der Waals surface area contributed by atoms with E-state index in [-0.39, 0.29) is 0 Å². The van der Waals surface area contributed by atoms with Gasteiger partial charge in [0.25, 0.3) is 0 Å². The molecule has 0 aromatic heterocycles. The van der Waals surface area contributed by atoms with Gasteiger partial charge in [0.2, 0.25) is 0 Å². The zero-order valence-electron chi connectivity index (χ0n) is 8.52. The molecule has 0 aromatic rings. The van der Waals surface area contributed by atoms with Gasteiger partial charge in [-0.15, -0.1) is 0 Å². The topological polar surface area (TPSA) is 3.24 Å². The molecule has 1 nitrogen and oxygen atoms in total. The molecule has 0 aliphatic rings. The van der Waals surface area contributed by atoms with Crippen LogP contribution >= 0.6 is 0 Å². The van der Waals surface area contributed by atoms with Gasteiger partial charge in [-0.1, -0.05) is 18.9 Å². The monoisotopic (exact) mass is 155 g/mol. The highest BCUT2D eigenvalue weighted by molar-refractivity contribution is 4.93. The van der Waals surface area contributed by atoms with Crippen LogP contribution in [0.3, 0.4) is 0 Å². The van der Waals surface area contributed by atoms with Crippen molar-refractivity contribution in [1.29, 1.82) is 0 Å². The quantitative estimate of drug-likeness (QED) is 0.603. The number of nitrogens with zero attached hydrogens (tertiary/aromatic N) is 1. The van der Waals surface area contributed by atoms with Gasteiger partial charge in [-0.2, -0.15) is 0 Å². The van der Waals surface area contributed by atoms with E-state index in [0.29, 0.717) is 6.04 Å². The lowest BCUT2D eigenvalue weighted by atomic mass is 10.2. The van der Waals surface area contributed by atoms with Crippen LogP contribution in [0.5, 0.6) is 0 Å². The van der Waals surface area contributed by atoms with Crippen LogP contribution in [0.15, 0.2) is 11.8 Å². The highest BCUT2D eigenvalue weighted by Gasteiger charge is 2.02. The van der Waals surface area contributed by atoms with Crippen molar-refractivity contribution in [2.45, 2.75) is 46.6 Å². The van der Waals surface area contributed by atoms with Crippen LogP contribution in [0, 0.1) is 0 Å². The summed E-state index contributed by atoms with van der Waals surface area (Å²) in [6, 6.07) is 0.676. The molecule has 0 radical (unpaired) electrons. The number of rotatable bonds is 4. The highest BCUT2D eigenvalue weighted by Crippen LogP contribution is 2.05. The summed E-state index contributed by atoms with van der Waals surface area (Å²) < 4.78 is 0. The first-order valence-corrected chi connectivity index (χ1v) is 4.44. The average molecular weight is 155 g/mol. The van der Waals surface area contributed by atoms with E-state index >= 15 is 0 Å². The molecule has 11 heavy (non-hydrogen) atoms. The van der Waals surface area contributed by atoms with Crippen molar-refractivity contribution in [3.05, 3.63) is 11.8 Å². The fourth-order valence-electron chi connectivity index (χ4n) is 1.16. The third-order valence-corrected chi connectivity index (χ3v) is 1.86. The molecule has 0 aromatic carbocycles. The van der Waals surface area contributed by atoms with Crippen LogP contribution in [-0.2, 0) is 0 Å². The van der Waals surface area contributed by atoms with E-state index in [0.717, 1.165) is 0 Å². The van der Waals surface area contributed by atoms with Gasteiger partial charge in [0.05, 0.1) is 0 Å². The first-order valence-electron chi connectivity index (χ1n) is 4.44. The maximum Gasteiger partial charge on any atom is 0.0252 e. The van der Waals surface area contributed by atoms with E-state index in [1.807, 2.05) is 0 Å². The van der Waals surface area contributed by atoms with Gasteiger partial charge in [-0.3, -0.25) is 0 Å². The van der Waals surface area contributed by atoms with E-state index < -0.39 is 0 Å². The first kappa shape index (κ1) is 10.5. The number of hydrogen-bond acceptors (Lipinski definition) is 1. The Hall–Kier alpha value is -0.460. The molecule has 0 amide bonds. The summed E-state index contributed by atoms with van der Waals surface area (Å²) in [4.78, 5) is 2.29. The van der Waals surface area contributed by atoms with E-state index in [1.165, 1.54) is 18.4 Å². The Morgan fingerprint density at radius 2 is 2.00 bits per heavy atom. The van der Waals surface area contributed by atoms with Gasteiger partial charge in [-0.05, 0) is 33.4 Å². The standard InChI is InChI=1S/C10H21N/c1-6-7-10(4)11(5)8-9(2)3/h8,10H,6-7H2,1-5H3. The molecule has 0 aliphatic carbocycles. The lowest BCUT2D eigenvalue weighted by Gasteiger charge is -2.23. The summed E-state index contributed by atoms with van der Waals surface area (Å²) in [7, 11) is 2.15. The molecular weight excluding hydrogens is 134 g/mol. The second-order valence-electron chi connectivity index (χ2n) is 3.51. The Morgan fingerprint density at radius 3 is 2.36 bits per heavy atom. The Bertz CT molecular complexity index is 123. The average Bonchev–Trinajstić information content (AvgIpc) is 1.86. The Labute approximate surface area is 71.1 Å². The smallest absolute Gasteiger partial charge is 0.0252 e. The van der Waals surface area contributed by atoms with Crippen molar-refractivity contribution >= 4 is 0 Å². The minimum absolute atomic E-state index is 0.676. The van der Waals surface area contributed by atoms with Crippen molar-refractivity contribution in [3.8, 4) is 0 Å². The summed E-state index contributed by atoms with van der Waals surface area (Å²) in [6.45, 7) is 8.76. The molecule has 1 atom stereocenters. The highest BCUT2D eigenvalue weighted by atomic mass is 15.1. The Kier molecular flexibility index (Phi) is 5.01. The molecule has 1 unspecified atom stereocenters. The van der Waals surface area contributed by atoms with Crippen LogP contribution < -0.4 is 0 Å². The third kappa shape index (κ3) is 4.88. The van der Waals surface area contributed by atoms with E-state index in [4.69, 9.17) is 0 Å². The summed E-state index contributed by atoms with van der Waals surface area (Å²) in [5.41, 5.74) is 1.37. The molecule has 0 rings (SSSR count). The van der Waals surface area contributed by atoms with Gasteiger partial charge in [0.1, 0.15) is 0 Å². The van der Waals surface area contributed by atoms with Gasteiger partial charge < -0.3 is 4.90 Å². The molecule has 0 N–H and O–H groups in total. The molecule has 0 saturated heterocycles. The van der Waals surface area contributed by atoms with Crippen LogP contribution in [0.25, 0.3) is 0 Å². The molecular formula is C10H21N. The Morgan fingerprint density at radius 1 is 1.45 bits per heavy atom. The zero-order chi connectivity index (χ0) is 8.85.